The Labute approximate surface area is 138 Å². The fourth-order valence-corrected chi connectivity index (χ4v) is 4.52. The summed E-state index contributed by atoms with van der Waals surface area (Å²) in [5.41, 5.74) is 0. The molecule has 2 atom stereocenters. The van der Waals surface area contributed by atoms with Crippen molar-refractivity contribution in [3.05, 3.63) is 0 Å². The normalized spacial score (nSPS) is 15.6. The van der Waals surface area contributed by atoms with E-state index in [1.807, 2.05) is 0 Å². The van der Waals surface area contributed by atoms with Gasteiger partial charge in [0.15, 0.2) is 5.16 Å². The van der Waals surface area contributed by atoms with Gasteiger partial charge in [-0.1, -0.05) is 6.92 Å². The zero-order valence-corrected chi connectivity index (χ0v) is 15.8. The molecule has 0 N–H and O–H groups in total. The van der Waals surface area contributed by atoms with Crippen molar-refractivity contribution in [2.45, 2.75) is 52.6 Å². The number of hydrogen-bond donors (Lipinski definition) is 0. The Balaban J connectivity index is 5.58. The van der Waals surface area contributed by atoms with Crippen molar-refractivity contribution in [2.24, 2.45) is 5.92 Å². The van der Waals surface area contributed by atoms with Crippen LogP contribution in [0.5, 0.6) is 0 Å². The van der Waals surface area contributed by atoms with Gasteiger partial charge in [-0.05, 0) is 40.0 Å². The van der Waals surface area contributed by atoms with Gasteiger partial charge in [-0.2, -0.15) is 0 Å². The van der Waals surface area contributed by atoms with E-state index in [0.29, 0.717) is 0 Å². The van der Waals surface area contributed by atoms with E-state index in [9.17, 15) is 14.2 Å². The number of methoxy groups -OCH3 is 1. The van der Waals surface area contributed by atoms with Crippen LogP contribution in [0.2, 0.25) is 0 Å². The monoisotopic (exact) mass is 352 g/mol. The zero-order valence-electron chi connectivity index (χ0n) is 14.9. The second-order valence-electron chi connectivity index (χ2n) is 5.42. The van der Waals surface area contributed by atoms with Crippen LogP contribution >= 0.6 is 7.60 Å². The van der Waals surface area contributed by atoms with Crippen molar-refractivity contribution in [1.29, 1.82) is 0 Å². The predicted octanol–water partition coefficient (Wildman–Crippen LogP) is 3.16. The molecule has 0 aromatic carbocycles. The Hall–Kier alpha value is -0.910. The SMILES string of the molecule is CCOC(=O)C(C)(CC(C)CC(=O)OC)P(=O)(OCC)OCC. The van der Waals surface area contributed by atoms with Crippen LogP contribution in [0.4, 0.5) is 0 Å². The number of carbonyl (C=O) groups is 2. The van der Waals surface area contributed by atoms with Crippen molar-refractivity contribution in [3.63, 3.8) is 0 Å². The molecule has 8 heteroatoms. The van der Waals surface area contributed by atoms with Crippen molar-refractivity contribution >= 4 is 19.5 Å². The minimum atomic E-state index is -3.76. The molecule has 7 nitrogen and oxygen atoms in total. The fourth-order valence-electron chi connectivity index (χ4n) is 2.37. The lowest BCUT2D eigenvalue weighted by Crippen LogP contribution is -2.40. The van der Waals surface area contributed by atoms with Crippen LogP contribution in [-0.2, 0) is 32.7 Å². The summed E-state index contributed by atoms with van der Waals surface area (Å²) in [6.07, 6.45) is 0.224. The van der Waals surface area contributed by atoms with Crippen LogP contribution in [0.3, 0.4) is 0 Å². The van der Waals surface area contributed by atoms with Crippen molar-refractivity contribution in [3.8, 4) is 0 Å². The first-order valence-corrected chi connectivity index (χ1v) is 9.38. The van der Waals surface area contributed by atoms with E-state index in [1.165, 1.54) is 14.0 Å². The molecule has 0 heterocycles. The van der Waals surface area contributed by atoms with E-state index in [-0.39, 0.29) is 38.6 Å². The van der Waals surface area contributed by atoms with Crippen molar-refractivity contribution in [2.75, 3.05) is 26.9 Å². The number of ether oxygens (including phenoxy) is 2. The summed E-state index contributed by atoms with van der Waals surface area (Å²) in [4.78, 5) is 23.9. The average molecular weight is 352 g/mol. The van der Waals surface area contributed by atoms with E-state index in [4.69, 9.17) is 13.8 Å². The Morgan fingerprint density at radius 2 is 1.61 bits per heavy atom. The molecular formula is C15H29O7P. The summed E-state index contributed by atoms with van der Waals surface area (Å²) in [6.45, 7) is 8.72. The molecule has 0 saturated heterocycles. The van der Waals surface area contributed by atoms with Crippen molar-refractivity contribution < 1.29 is 32.7 Å². The first kappa shape index (κ1) is 22.1. The van der Waals surface area contributed by atoms with E-state index in [0.717, 1.165) is 0 Å². The molecule has 2 unspecified atom stereocenters. The van der Waals surface area contributed by atoms with Gasteiger partial charge < -0.3 is 18.5 Å². The first-order valence-electron chi connectivity index (χ1n) is 7.83. The summed E-state index contributed by atoms with van der Waals surface area (Å²) in [7, 11) is -2.46. The third-order valence-corrected chi connectivity index (χ3v) is 6.18. The highest BCUT2D eigenvalue weighted by atomic mass is 31.2. The third-order valence-electron chi connectivity index (χ3n) is 3.41. The van der Waals surface area contributed by atoms with Crippen molar-refractivity contribution in [1.82, 2.24) is 0 Å². The van der Waals surface area contributed by atoms with Gasteiger partial charge >= 0.3 is 19.5 Å². The second-order valence-corrected chi connectivity index (χ2v) is 7.92. The van der Waals surface area contributed by atoms with Crippen LogP contribution in [0.1, 0.15) is 47.5 Å². The molecule has 0 aliphatic heterocycles. The standard InChI is InChI=1S/C15H29O7P/c1-7-20-14(17)15(5,11-12(4)10-13(16)19-6)23(18,21-8-2)22-9-3/h12H,7-11H2,1-6H3. The van der Waals surface area contributed by atoms with E-state index < -0.39 is 24.7 Å². The summed E-state index contributed by atoms with van der Waals surface area (Å²) >= 11 is 0. The van der Waals surface area contributed by atoms with Gasteiger partial charge in [0.05, 0.1) is 26.9 Å². The molecule has 0 saturated carbocycles. The molecule has 0 aromatic rings. The minimum Gasteiger partial charge on any atom is -0.469 e. The molecule has 0 rings (SSSR count). The highest BCUT2D eigenvalue weighted by molar-refractivity contribution is 7.56. The topological polar surface area (TPSA) is 88.1 Å². The molecule has 0 amide bonds. The number of esters is 2. The Morgan fingerprint density at radius 1 is 1.09 bits per heavy atom. The van der Waals surface area contributed by atoms with E-state index in [1.54, 1.807) is 27.7 Å². The number of carbonyl (C=O) groups excluding carboxylic acids is 2. The lowest BCUT2D eigenvalue weighted by Gasteiger charge is -2.35. The van der Waals surface area contributed by atoms with Gasteiger partial charge in [0, 0.05) is 6.42 Å². The lowest BCUT2D eigenvalue weighted by atomic mass is 9.94. The molecule has 0 radical (unpaired) electrons. The van der Waals surface area contributed by atoms with E-state index in [2.05, 4.69) is 4.74 Å². The second kappa shape index (κ2) is 10.1. The van der Waals surface area contributed by atoms with Crippen LogP contribution in [-0.4, -0.2) is 44.0 Å². The van der Waals surface area contributed by atoms with Gasteiger partial charge in [-0.15, -0.1) is 0 Å². The molecule has 0 spiro atoms. The summed E-state index contributed by atoms with van der Waals surface area (Å²) in [6, 6.07) is 0. The summed E-state index contributed by atoms with van der Waals surface area (Å²) in [5.74, 6) is -1.31. The lowest BCUT2D eigenvalue weighted by molar-refractivity contribution is -0.148. The Kier molecular flexibility index (Phi) is 9.66. The van der Waals surface area contributed by atoms with Crippen LogP contribution in [0, 0.1) is 5.92 Å². The highest BCUT2D eigenvalue weighted by Gasteiger charge is 2.54. The molecule has 0 aliphatic rings. The molecule has 0 aromatic heterocycles. The number of rotatable bonds is 11. The van der Waals surface area contributed by atoms with Gasteiger partial charge in [0.25, 0.3) is 0 Å². The molecule has 0 fully saturated rings. The number of hydrogen-bond acceptors (Lipinski definition) is 7. The molecular weight excluding hydrogens is 323 g/mol. The molecule has 0 aliphatic carbocycles. The quantitative estimate of drug-likeness (QED) is 0.417. The van der Waals surface area contributed by atoms with Gasteiger partial charge in [0.1, 0.15) is 0 Å². The average Bonchev–Trinajstić information content (AvgIpc) is 2.47. The van der Waals surface area contributed by atoms with Gasteiger partial charge in [-0.25, -0.2) is 0 Å². The fraction of sp³-hybridized carbons (Fsp3) is 0.867. The zero-order chi connectivity index (χ0) is 18.1. The Bertz CT molecular complexity index is 428. The summed E-state index contributed by atoms with van der Waals surface area (Å²) in [5, 5.41) is -1.48. The largest absolute Gasteiger partial charge is 0.469 e. The first-order chi connectivity index (χ1) is 10.7. The van der Waals surface area contributed by atoms with Crippen LogP contribution in [0.25, 0.3) is 0 Å². The maximum absolute atomic E-state index is 13.2. The van der Waals surface area contributed by atoms with Crippen LogP contribution < -0.4 is 0 Å². The smallest absolute Gasteiger partial charge is 0.347 e. The maximum atomic E-state index is 13.2. The van der Waals surface area contributed by atoms with Gasteiger partial charge in [0.2, 0.25) is 0 Å². The molecule has 136 valence electrons. The molecule has 23 heavy (non-hydrogen) atoms. The molecule has 0 bridgehead atoms. The van der Waals surface area contributed by atoms with E-state index >= 15 is 0 Å². The third kappa shape index (κ3) is 5.90. The van der Waals surface area contributed by atoms with Crippen LogP contribution in [0.15, 0.2) is 0 Å². The Morgan fingerprint density at radius 3 is 2.00 bits per heavy atom. The van der Waals surface area contributed by atoms with Gasteiger partial charge in [-0.3, -0.25) is 14.2 Å². The predicted molar refractivity (Wildman–Crippen MR) is 86.3 cm³/mol. The summed E-state index contributed by atoms with van der Waals surface area (Å²) < 4.78 is 33.6. The highest BCUT2D eigenvalue weighted by Crippen LogP contribution is 2.62. The maximum Gasteiger partial charge on any atom is 0.347 e. The minimum absolute atomic E-state index is 0.101.